The zero-order valence-electron chi connectivity index (χ0n) is 12.7. The van der Waals surface area contributed by atoms with E-state index in [1.165, 1.54) is 18.2 Å². The molecule has 0 aliphatic rings. The number of hydrogen-bond donors (Lipinski definition) is 2. The van der Waals surface area contributed by atoms with Crippen LogP contribution in [0, 0.1) is 0 Å². The molecule has 3 rings (SSSR count). The number of fused-ring (bicyclic) bond motifs is 1. The van der Waals surface area contributed by atoms with E-state index in [0.717, 1.165) is 0 Å². The number of amides is 1. The molecule has 0 aliphatic carbocycles. The van der Waals surface area contributed by atoms with Crippen LogP contribution in [-0.4, -0.2) is 16.9 Å². The number of rotatable bonds is 4. The van der Waals surface area contributed by atoms with E-state index in [9.17, 15) is 14.7 Å². The van der Waals surface area contributed by atoms with Crippen molar-refractivity contribution in [1.82, 2.24) is 4.98 Å². The van der Waals surface area contributed by atoms with Crippen molar-refractivity contribution in [3.05, 3.63) is 69.8 Å². The summed E-state index contributed by atoms with van der Waals surface area (Å²) in [7, 11) is 0. The van der Waals surface area contributed by atoms with Gasteiger partial charge in [0.2, 0.25) is 5.91 Å². The molecule has 0 atom stereocenters. The predicted molar refractivity (Wildman–Crippen MR) is 96.8 cm³/mol. The summed E-state index contributed by atoms with van der Waals surface area (Å²) >= 11 is 12.1. The molecule has 0 radical (unpaired) electrons. The van der Waals surface area contributed by atoms with Gasteiger partial charge >= 0.3 is 0 Å². The third-order valence-electron chi connectivity index (χ3n) is 3.50. The summed E-state index contributed by atoms with van der Waals surface area (Å²) in [5, 5.41) is 15.1. The Morgan fingerprint density at radius 1 is 1.12 bits per heavy atom. The third kappa shape index (κ3) is 3.68. The molecule has 3 aromatic rings. The highest BCUT2D eigenvalue weighted by atomic mass is 35.5. The number of halogens is 2. The first-order chi connectivity index (χ1) is 12.0. The molecule has 0 bridgehead atoms. The highest BCUT2D eigenvalue weighted by Gasteiger charge is 2.14. The Labute approximate surface area is 152 Å². The van der Waals surface area contributed by atoms with Gasteiger partial charge in [0.15, 0.2) is 0 Å². The van der Waals surface area contributed by atoms with Crippen molar-refractivity contribution in [2.45, 2.75) is 0 Å². The zero-order valence-corrected chi connectivity index (χ0v) is 14.2. The van der Waals surface area contributed by atoms with Crippen molar-refractivity contribution in [1.29, 1.82) is 0 Å². The second-order valence-corrected chi connectivity index (χ2v) is 6.04. The summed E-state index contributed by atoms with van der Waals surface area (Å²) in [5.74, 6) is -1.82. The molecular formula is C18H11Cl2N2O3-. The number of nitrogens with one attached hydrogen (secondary N) is 2. The summed E-state index contributed by atoms with van der Waals surface area (Å²) < 4.78 is 0. The van der Waals surface area contributed by atoms with Crippen LogP contribution in [0.2, 0.25) is 10.0 Å². The largest absolute Gasteiger partial charge is 0.543 e. The Hall–Kier alpha value is -2.76. The fourth-order valence-corrected chi connectivity index (χ4v) is 3.06. The van der Waals surface area contributed by atoms with Gasteiger partial charge in [-0.15, -0.1) is 0 Å². The van der Waals surface area contributed by atoms with Crippen LogP contribution in [0.3, 0.4) is 0 Å². The molecule has 126 valence electrons. The van der Waals surface area contributed by atoms with Crippen molar-refractivity contribution in [2.75, 3.05) is 5.32 Å². The summed E-state index contributed by atoms with van der Waals surface area (Å²) in [6.07, 6.45) is 2.61. The number of aromatic amines is 1. The first-order valence-electron chi connectivity index (χ1n) is 7.22. The first-order valence-corrected chi connectivity index (χ1v) is 7.97. The molecule has 2 aromatic carbocycles. The van der Waals surface area contributed by atoms with E-state index in [4.69, 9.17) is 23.2 Å². The summed E-state index contributed by atoms with van der Waals surface area (Å²) in [6.45, 7) is 0. The van der Waals surface area contributed by atoms with Gasteiger partial charge in [-0.2, -0.15) is 0 Å². The number of aromatic nitrogens is 1. The van der Waals surface area contributed by atoms with Gasteiger partial charge in [0.25, 0.3) is 0 Å². The van der Waals surface area contributed by atoms with Crippen LogP contribution in [0.1, 0.15) is 16.1 Å². The second-order valence-electron chi connectivity index (χ2n) is 5.20. The highest BCUT2D eigenvalue weighted by molar-refractivity contribution is 6.39. The lowest BCUT2D eigenvalue weighted by atomic mass is 10.1. The fourth-order valence-electron chi connectivity index (χ4n) is 2.47. The van der Waals surface area contributed by atoms with Crippen LogP contribution in [0.15, 0.2) is 48.5 Å². The molecule has 0 saturated heterocycles. The molecule has 25 heavy (non-hydrogen) atoms. The van der Waals surface area contributed by atoms with Gasteiger partial charge in [-0.05, 0) is 30.3 Å². The predicted octanol–water partition coefficient (Wildman–Crippen LogP) is 3.49. The van der Waals surface area contributed by atoms with Crippen molar-refractivity contribution < 1.29 is 14.7 Å². The van der Waals surface area contributed by atoms with Crippen LogP contribution in [-0.2, 0) is 4.79 Å². The number of carboxylic acids is 1. The van der Waals surface area contributed by atoms with E-state index in [1.54, 1.807) is 30.3 Å². The molecule has 0 aliphatic heterocycles. The highest BCUT2D eigenvalue weighted by Crippen LogP contribution is 2.33. The second kappa shape index (κ2) is 7.01. The first kappa shape index (κ1) is 17.1. The quantitative estimate of drug-likeness (QED) is 0.686. The van der Waals surface area contributed by atoms with E-state index in [0.29, 0.717) is 21.6 Å². The standard InChI is InChI=1S/C18H12Cl2N2O3/c19-10-8-13(20)16-12(17(18(24)25)22-14(16)9-10)6-7-15(23)21-11-4-2-1-3-5-11/h1-9,22H,(H,21,23)(H,24,25)/p-1/b7-6+. The zero-order chi connectivity index (χ0) is 18.0. The molecule has 1 heterocycles. The number of carbonyl (C=O) groups excluding carboxylic acids is 2. The molecule has 1 aromatic heterocycles. The third-order valence-corrected chi connectivity index (χ3v) is 4.02. The Kier molecular flexibility index (Phi) is 4.79. The maximum atomic E-state index is 12.0. The van der Waals surface area contributed by atoms with E-state index in [-0.39, 0.29) is 16.3 Å². The lowest BCUT2D eigenvalue weighted by Gasteiger charge is -2.03. The van der Waals surface area contributed by atoms with E-state index >= 15 is 0 Å². The Morgan fingerprint density at radius 3 is 2.52 bits per heavy atom. The van der Waals surface area contributed by atoms with Crippen LogP contribution in [0.5, 0.6) is 0 Å². The van der Waals surface area contributed by atoms with Crippen LogP contribution >= 0.6 is 23.2 Å². The van der Waals surface area contributed by atoms with E-state index < -0.39 is 11.9 Å². The maximum Gasteiger partial charge on any atom is 0.248 e. The van der Waals surface area contributed by atoms with Crippen molar-refractivity contribution in [2.24, 2.45) is 0 Å². The average molecular weight is 374 g/mol. The van der Waals surface area contributed by atoms with Crippen molar-refractivity contribution >= 4 is 57.7 Å². The average Bonchev–Trinajstić information content (AvgIpc) is 2.93. The number of benzene rings is 2. The number of para-hydroxylation sites is 1. The molecule has 1 amide bonds. The monoisotopic (exact) mass is 373 g/mol. The normalized spacial score (nSPS) is 11.1. The molecule has 0 spiro atoms. The Balaban J connectivity index is 1.98. The minimum atomic E-state index is -1.41. The van der Waals surface area contributed by atoms with Gasteiger partial charge < -0.3 is 20.2 Å². The van der Waals surface area contributed by atoms with Crippen LogP contribution in [0.4, 0.5) is 5.69 Å². The Morgan fingerprint density at radius 2 is 1.84 bits per heavy atom. The number of anilines is 1. The van der Waals surface area contributed by atoms with Crippen molar-refractivity contribution in [3.63, 3.8) is 0 Å². The molecule has 5 nitrogen and oxygen atoms in total. The lowest BCUT2D eigenvalue weighted by molar-refractivity contribution is -0.255. The summed E-state index contributed by atoms with van der Waals surface area (Å²) in [5.41, 5.74) is 1.14. The number of carboxylic acid groups (broad SMARTS) is 1. The molecular weight excluding hydrogens is 363 g/mol. The topological polar surface area (TPSA) is 85.0 Å². The summed E-state index contributed by atoms with van der Waals surface area (Å²) in [6, 6.07) is 11.9. The maximum absolute atomic E-state index is 12.0. The van der Waals surface area contributed by atoms with E-state index in [1.807, 2.05) is 6.07 Å². The minimum absolute atomic E-state index is 0.178. The molecule has 0 unspecified atom stereocenters. The van der Waals surface area contributed by atoms with Gasteiger partial charge in [0, 0.05) is 33.3 Å². The Bertz CT molecular complexity index is 994. The summed E-state index contributed by atoms with van der Waals surface area (Å²) in [4.78, 5) is 26.1. The van der Waals surface area contributed by atoms with Crippen molar-refractivity contribution in [3.8, 4) is 0 Å². The van der Waals surface area contributed by atoms with E-state index in [2.05, 4.69) is 10.3 Å². The SMILES string of the molecule is O=C(/C=C/c1c(C(=O)[O-])[nH]c2cc(Cl)cc(Cl)c12)Nc1ccccc1. The molecule has 7 heteroatoms. The minimum Gasteiger partial charge on any atom is -0.543 e. The number of hydrogen-bond acceptors (Lipinski definition) is 3. The number of H-pyrrole nitrogens is 1. The van der Waals surface area contributed by atoms with Crippen LogP contribution in [0.25, 0.3) is 17.0 Å². The van der Waals surface area contributed by atoms with Gasteiger partial charge in [-0.3, -0.25) is 4.79 Å². The molecule has 2 N–H and O–H groups in total. The van der Waals surface area contributed by atoms with Gasteiger partial charge in [0.05, 0.1) is 16.7 Å². The lowest BCUT2D eigenvalue weighted by Crippen LogP contribution is -2.23. The van der Waals surface area contributed by atoms with Gasteiger partial charge in [0.1, 0.15) is 0 Å². The fraction of sp³-hybridized carbons (Fsp3) is 0. The molecule has 0 saturated carbocycles. The smallest absolute Gasteiger partial charge is 0.248 e. The van der Waals surface area contributed by atoms with Crippen LogP contribution < -0.4 is 10.4 Å². The number of aromatic carboxylic acids is 1. The number of carbonyl (C=O) groups is 2. The van der Waals surface area contributed by atoms with Gasteiger partial charge in [-0.1, -0.05) is 41.4 Å². The molecule has 0 fully saturated rings. The van der Waals surface area contributed by atoms with Gasteiger partial charge in [-0.25, -0.2) is 0 Å².